The van der Waals surface area contributed by atoms with Crippen LogP contribution < -0.4 is 0 Å². The second kappa shape index (κ2) is 38.0. The first-order chi connectivity index (χ1) is 25.3. The average Bonchev–Trinajstić information content (AvgIpc) is 3.11. The number of ether oxygens (including phenoxy) is 2. The van der Waals surface area contributed by atoms with E-state index in [9.17, 15) is 14.2 Å². The predicted molar refractivity (Wildman–Crippen MR) is 216 cm³/mol. The Morgan fingerprint density at radius 3 is 1.44 bits per heavy atom. The average molecular weight is 747 g/mol. The molecule has 8 nitrogen and oxygen atoms in total. The third-order valence-corrected chi connectivity index (χ3v) is 8.38. The van der Waals surface area contributed by atoms with Crippen molar-refractivity contribution in [2.24, 2.45) is 0 Å². The van der Waals surface area contributed by atoms with Gasteiger partial charge in [-0.3, -0.25) is 14.1 Å². The number of hydrogen-bond acceptors (Lipinski definition) is 6. The molecule has 0 aromatic heterocycles. The van der Waals surface area contributed by atoms with Crippen molar-refractivity contribution in [3.63, 3.8) is 0 Å². The summed E-state index contributed by atoms with van der Waals surface area (Å²) in [5.74, 6) is -0.970. The zero-order valence-corrected chi connectivity index (χ0v) is 33.3. The second-order valence-electron chi connectivity index (χ2n) is 12.9. The molecule has 0 saturated carbocycles. The molecule has 0 aliphatic rings. The van der Waals surface area contributed by atoms with Crippen LogP contribution in [0.25, 0.3) is 0 Å². The predicted octanol–water partition coefficient (Wildman–Crippen LogP) is 12.1. The van der Waals surface area contributed by atoms with Crippen LogP contribution in [-0.2, 0) is 28.2 Å². The molecule has 296 valence electrons. The first-order valence-corrected chi connectivity index (χ1v) is 21.4. The van der Waals surface area contributed by atoms with E-state index in [2.05, 4.69) is 91.3 Å². The number of hydrogen-bond donors (Lipinski definition) is 2. The Morgan fingerprint density at radius 1 is 0.519 bits per heavy atom. The summed E-state index contributed by atoms with van der Waals surface area (Å²) in [6.07, 6.45) is 50.2. The molecule has 1 atom stereocenters. The third-order valence-electron chi connectivity index (χ3n) is 7.90. The van der Waals surface area contributed by atoms with Crippen molar-refractivity contribution in [2.45, 2.75) is 161 Å². The van der Waals surface area contributed by atoms with Gasteiger partial charge >= 0.3 is 19.8 Å². The molecule has 2 N–H and O–H groups in total. The Bertz CT molecular complexity index is 1110. The Labute approximate surface area is 316 Å². The Balaban J connectivity index is 4.08. The lowest BCUT2D eigenvalue weighted by Crippen LogP contribution is -2.29. The lowest BCUT2D eigenvalue weighted by atomic mass is 10.1. The highest BCUT2D eigenvalue weighted by Gasteiger charge is 2.22. The van der Waals surface area contributed by atoms with Crippen LogP contribution in [0.15, 0.2) is 85.1 Å². The van der Waals surface area contributed by atoms with E-state index < -0.39 is 32.5 Å². The largest absolute Gasteiger partial charge is 0.469 e. The first kappa shape index (κ1) is 49.2. The van der Waals surface area contributed by atoms with Crippen LogP contribution in [0.2, 0.25) is 0 Å². The quantitative estimate of drug-likeness (QED) is 0.0285. The molecule has 0 aromatic carbocycles. The minimum absolute atomic E-state index is 0.127. The zero-order valence-electron chi connectivity index (χ0n) is 32.4. The van der Waals surface area contributed by atoms with Crippen LogP contribution in [-0.4, -0.2) is 41.0 Å². The fourth-order valence-corrected chi connectivity index (χ4v) is 5.33. The summed E-state index contributed by atoms with van der Waals surface area (Å²) in [5.41, 5.74) is 0. The Morgan fingerprint density at radius 2 is 0.942 bits per heavy atom. The van der Waals surface area contributed by atoms with Crippen molar-refractivity contribution in [1.29, 1.82) is 0 Å². The van der Waals surface area contributed by atoms with E-state index in [-0.39, 0.29) is 19.4 Å². The summed E-state index contributed by atoms with van der Waals surface area (Å²) in [5, 5.41) is 0. The van der Waals surface area contributed by atoms with Gasteiger partial charge in [-0.05, 0) is 83.5 Å². The highest BCUT2D eigenvalue weighted by molar-refractivity contribution is 7.46. The van der Waals surface area contributed by atoms with Gasteiger partial charge in [-0.2, -0.15) is 0 Å². The molecular weight excluding hydrogens is 675 g/mol. The molecule has 0 aromatic rings. The van der Waals surface area contributed by atoms with Gasteiger partial charge in [-0.25, -0.2) is 4.57 Å². The minimum Gasteiger partial charge on any atom is -0.462 e. The van der Waals surface area contributed by atoms with E-state index >= 15 is 0 Å². The van der Waals surface area contributed by atoms with Crippen LogP contribution in [0, 0.1) is 0 Å². The van der Waals surface area contributed by atoms with Gasteiger partial charge in [0, 0.05) is 12.8 Å². The lowest BCUT2D eigenvalue weighted by Gasteiger charge is -2.18. The van der Waals surface area contributed by atoms with Crippen molar-refractivity contribution in [2.75, 3.05) is 13.2 Å². The van der Waals surface area contributed by atoms with Crippen LogP contribution in [0.4, 0.5) is 0 Å². The maximum atomic E-state index is 12.4. The van der Waals surface area contributed by atoms with Gasteiger partial charge in [0.25, 0.3) is 0 Å². The van der Waals surface area contributed by atoms with Crippen molar-refractivity contribution >= 4 is 19.8 Å². The number of allylic oxidation sites excluding steroid dienone is 14. The van der Waals surface area contributed by atoms with Gasteiger partial charge < -0.3 is 19.3 Å². The van der Waals surface area contributed by atoms with Gasteiger partial charge in [0.1, 0.15) is 6.61 Å². The molecule has 0 aliphatic carbocycles. The number of phosphoric acid groups is 1. The second-order valence-corrected chi connectivity index (χ2v) is 14.1. The highest BCUT2D eigenvalue weighted by atomic mass is 31.2. The molecule has 0 saturated heterocycles. The number of unbranched alkanes of at least 4 members (excludes halogenated alkanes) is 11. The number of phosphoric ester groups is 1. The van der Waals surface area contributed by atoms with E-state index in [1.165, 1.54) is 44.9 Å². The summed E-state index contributed by atoms with van der Waals surface area (Å²) < 4.78 is 26.3. The van der Waals surface area contributed by atoms with Crippen molar-refractivity contribution in [3.8, 4) is 0 Å². The molecule has 52 heavy (non-hydrogen) atoms. The summed E-state index contributed by atoms with van der Waals surface area (Å²) >= 11 is 0. The normalized spacial score (nSPS) is 13.4. The topological polar surface area (TPSA) is 119 Å². The maximum absolute atomic E-state index is 12.4. The molecular formula is C43H71O8P. The lowest BCUT2D eigenvalue weighted by molar-refractivity contribution is -0.161. The van der Waals surface area contributed by atoms with Gasteiger partial charge in [0.15, 0.2) is 6.10 Å². The van der Waals surface area contributed by atoms with Gasteiger partial charge in [0.2, 0.25) is 0 Å². The van der Waals surface area contributed by atoms with Crippen molar-refractivity contribution in [1.82, 2.24) is 0 Å². The maximum Gasteiger partial charge on any atom is 0.469 e. The number of esters is 2. The van der Waals surface area contributed by atoms with E-state index in [1.807, 2.05) is 12.2 Å². The zero-order chi connectivity index (χ0) is 38.2. The Hall–Kier alpha value is -2.77. The summed E-state index contributed by atoms with van der Waals surface area (Å²) in [6.45, 7) is 3.48. The summed E-state index contributed by atoms with van der Waals surface area (Å²) in [4.78, 5) is 42.8. The van der Waals surface area contributed by atoms with E-state index in [4.69, 9.17) is 19.3 Å². The van der Waals surface area contributed by atoms with Crippen LogP contribution in [0.3, 0.4) is 0 Å². The number of carbonyl (C=O) groups excluding carboxylic acids is 2. The fourth-order valence-electron chi connectivity index (χ4n) is 4.97. The molecule has 0 bridgehead atoms. The van der Waals surface area contributed by atoms with Crippen molar-refractivity contribution in [3.05, 3.63) is 85.1 Å². The smallest absolute Gasteiger partial charge is 0.462 e. The summed E-state index contributed by atoms with van der Waals surface area (Å²) in [6, 6.07) is 0. The van der Waals surface area contributed by atoms with Crippen LogP contribution in [0.1, 0.15) is 155 Å². The highest BCUT2D eigenvalue weighted by Crippen LogP contribution is 2.36. The standard InChI is InChI=1S/C43H71O8P/c1-3-5-7-9-11-13-15-17-19-21-23-25-27-29-31-33-35-37-42(44)49-39-41(40-50-52(46,47)48)51-43(45)38-36-34-32-30-28-26-24-22-20-18-16-14-12-10-8-6-4-2/h6,8,11-14,17-20,24,26,30,32,41H,3-5,7,9-10,15-16,21-23,25,27-29,31,33-40H2,1-2H3,(H2,46,47,48)/b8-6-,13-11-,14-12-,19-17-,20-18-,26-24-,32-30-. The molecule has 0 heterocycles. The number of carbonyl (C=O) groups is 2. The SMILES string of the molecule is CC/C=C\C/C=C\C/C=C\C/C=C\C/C=C\CCCC(=O)OC(COC(=O)CCCCCCCCC/C=C\C/C=C\CCCCC)COP(=O)(O)O. The molecule has 0 radical (unpaired) electrons. The molecule has 1 unspecified atom stereocenters. The molecule has 9 heteroatoms. The van der Waals surface area contributed by atoms with Gasteiger partial charge in [-0.1, -0.05) is 144 Å². The van der Waals surface area contributed by atoms with E-state index in [0.717, 1.165) is 64.2 Å². The molecule has 0 aliphatic heterocycles. The van der Waals surface area contributed by atoms with Crippen LogP contribution in [0.5, 0.6) is 0 Å². The third kappa shape index (κ3) is 40.0. The molecule has 0 amide bonds. The number of rotatable bonds is 35. The van der Waals surface area contributed by atoms with Crippen molar-refractivity contribution < 1.29 is 37.9 Å². The molecule has 0 fully saturated rings. The van der Waals surface area contributed by atoms with Crippen LogP contribution >= 0.6 is 7.82 Å². The first-order valence-electron chi connectivity index (χ1n) is 19.9. The fraction of sp³-hybridized carbons (Fsp3) is 0.628. The van der Waals surface area contributed by atoms with E-state index in [1.54, 1.807) is 0 Å². The van der Waals surface area contributed by atoms with Gasteiger partial charge in [0.05, 0.1) is 6.61 Å². The summed E-state index contributed by atoms with van der Waals surface area (Å²) in [7, 11) is -4.77. The monoisotopic (exact) mass is 746 g/mol. The molecule has 0 rings (SSSR count). The minimum atomic E-state index is -4.77. The molecule has 0 spiro atoms. The van der Waals surface area contributed by atoms with Gasteiger partial charge in [-0.15, -0.1) is 0 Å². The van der Waals surface area contributed by atoms with E-state index in [0.29, 0.717) is 19.3 Å². The Kier molecular flexibility index (Phi) is 35.9.